The van der Waals surface area contributed by atoms with E-state index in [-0.39, 0.29) is 0 Å². The highest BCUT2D eigenvalue weighted by molar-refractivity contribution is 5.77. The normalized spacial score (nSPS) is 16.5. The molecule has 0 spiro atoms. The summed E-state index contributed by atoms with van der Waals surface area (Å²) in [5, 5.41) is 7.91. The molecule has 4 aromatic rings. The fourth-order valence-electron chi connectivity index (χ4n) is 4.36. The van der Waals surface area contributed by atoms with Crippen molar-refractivity contribution in [2.24, 2.45) is 0 Å². The van der Waals surface area contributed by atoms with Crippen molar-refractivity contribution in [1.29, 1.82) is 0 Å². The molecule has 164 valence electrons. The minimum Gasteiger partial charge on any atom is -0.369 e. The highest BCUT2D eigenvalue weighted by atomic mass is 15.2. The molecule has 2 N–H and O–H groups in total. The zero-order valence-corrected chi connectivity index (χ0v) is 19.0. The van der Waals surface area contributed by atoms with Crippen molar-refractivity contribution in [3.05, 3.63) is 77.6 Å². The molecule has 32 heavy (non-hydrogen) atoms. The van der Waals surface area contributed by atoms with Crippen LogP contribution in [0.1, 0.15) is 23.6 Å². The van der Waals surface area contributed by atoms with Crippen molar-refractivity contribution in [2.45, 2.75) is 33.4 Å². The van der Waals surface area contributed by atoms with Crippen molar-refractivity contribution >= 4 is 28.4 Å². The van der Waals surface area contributed by atoms with Crippen molar-refractivity contribution < 1.29 is 0 Å². The Hall–Kier alpha value is -3.38. The average molecular weight is 427 g/mol. The van der Waals surface area contributed by atoms with Crippen LogP contribution in [0.25, 0.3) is 11.0 Å². The molecule has 1 fully saturated rings. The first-order chi connectivity index (χ1) is 15.5. The van der Waals surface area contributed by atoms with Crippen molar-refractivity contribution in [1.82, 2.24) is 19.9 Å². The smallest absolute Gasteiger partial charge is 0.229 e. The zero-order chi connectivity index (χ0) is 22.1. The van der Waals surface area contributed by atoms with E-state index in [0.717, 1.165) is 42.9 Å². The molecule has 6 nitrogen and oxygen atoms in total. The fourth-order valence-corrected chi connectivity index (χ4v) is 4.36. The summed E-state index contributed by atoms with van der Waals surface area (Å²) < 4.78 is 2.19. The van der Waals surface area contributed by atoms with Gasteiger partial charge in [-0.25, -0.2) is 4.98 Å². The standard InChI is InChI=1S/C26H30N6/c1-18-4-5-19(2)22(14-18)17-32-12-10-21-15-28-26(30-25(21)32)29-23-6-8-24(9-7-23)31-13-11-27-20(3)16-31/h4-10,12,14-15,20,27H,11,13,16-17H2,1-3H3,(H,28,29,30). The van der Waals surface area contributed by atoms with E-state index in [2.05, 4.69) is 101 Å². The fraction of sp³-hybridized carbons (Fsp3) is 0.308. The van der Waals surface area contributed by atoms with Gasteiger partial charge in [0.1, 0.15) is 5.65 Å². The number of nitrogens with one attached hydrogen (secondary N) is 2. The maximum Gasteiger partial charge on any atom is 0.229 e. The van der Waals surface area contributed by atoms with Crippen molar-refractivity contribution in [3.8, 4) is 0 Å². The predicted molar refractivity (Wildman–Crippen MR) is 132 cm³/mol. The molecule has 2 aromatic heterocycles. The third-order valence-electron chi connectivity index (χ3n) is 6.20. The molecule has 1 atom stereocenters. The molecule has 0 saturated carbocycles. The molecular formula is C26H30N6. The van der Waals surface area contributed by atoms with Crippen LogP contribution in [0.5, 0.6) is 0 Å². The van der Waals surface area contributed by atoms with E-state index in [0.29, 0.717) is 12.0 Å². The van der Waals surface area contributed by atoms with Gasteiger partial charge < -0.3 is 20.1 Å². The number of anilines is 3. The van der Waals surface area contributed by atoms with E-state index in [4.69, 9.17) is 4.98 Å². The Bertz CT molecular complexity index is 1230. The summed E-state index contributed by atoms with van der Waals surface area (Å²) >= 11 is 0. The number of hydrogen-bond acceptors (Lipinski definition) is 5. The molecule has 0 bridgehead atoms. The van der Waals surface area contributed by atoms with Crippen LogP contribution in [0.3, 0.4) is 0 Å². The lowest BCUT2D eigenvalue weighted by Crippen LogP contribution is -2.49. The van der Waals surface area contributed by atoms with Crippen molar-refractivity contribution in [3.63, 3.8) is 0 Å². The first-order valence-corrected chi connectivity index (χ1v) is 11.3. The summed E-state index contributed by atoms with van der Waals surface area (Å²) in [6.07, 6.45) is 3.98. The Morgan fingerprint density at radius 1 is 1.09 bits per heavy atom. The summed E-state index contributed by atoms with van der Waals surface area (Å²) in [5.74, 6) is 0.613. The van der Waals surface area contributed by atoms with Gasteiger partial charge in [0, 0.05) is 61.4 Å². The van der Waals surface area contributed by atoms with E-state index in [1.54, 1.807) is 0 Å². The Morgan fingerprint density at radius 3 is 2.75 bits per heavy atom. The van der Waals surface area contributed by atoms with Gasteiger partial charge >= 0.3 is 0 Å². The SMILES string of the molecule is Cc1ccc(C)c(Cn2ccc3cnc(Nc4ccc(N5CCNC(C)C5)cc4)nc32)c1. The number of rotatable bonds is 5. The molecule has 1 unspecified atom stereocenters. The van der Waals surface area contributed by atoms with Crippen molar-refractivity contribution in [2.75, 3.05) is 29.9 Å². The maximum absolute atomic E-state index is 4.82. The van der Waals surface area contributed by atoms with Crippen LogP contribution in [0, 0.1) is 13.8 Å². The molecular weight excluding hydrogens is 396 g/mol. The molecule has 0 amide bonds. The average Bonchev–Trinajstić information content (AvgIpc) is 3.19. The molecule has 0 aliphatic carbocycles. The van der Waals surface area contributed by atoms with Crippen LogP contribution in [-0.4, -0.2) is 40.2 Å². The van der Waals surface area contributed by atoms with Gasteiger partial charge in [-0.1, -0.05) is 23.8 Å². The molecule has 6 heteroatoms. The van der Waals surface area contributed by atoms with Crippen LogP contribution < -0.4 is 15.5 Å². The predicted octanol–water partition coefficient (Wildman–Crippen LogP) is 4.64. The number of fused-ring (bicyclic) bond motifs is 1. The monoisotopic (exact) mass is 426 g/mol. The number of piperazine rings is 1. The molecule has 1 saturated heterocycles. The number of benzene rings is 2. The topological polar surface area (TPSA) is 58.0 Å². The lowest BCUT2D eigenvalue weighted by atomic mass is 10.1. The zero-order valence-electron chi connectivity index (χ0n) is 19.0. The molecule has 1 aliphatic heterocycles. The number of aryl methyl sites for hydroxylation is 2. The van der Waals surface area contributed by atoms with Gasteiger partial charge in [-0.15, -0.1) is 0 Å². The van der Waals surface area contributed by atoms with E-state index >= 15 is 0 Å². The number of hydrogen-bond donors (Lipinski definition) is 2. The van der Waals surface area contributed by atoms with Gasteiger partial charge in [-0.2, -0.15) is 4.98 Å². The summed E-state index contributed by atoms with van der Waals surface area (Å²) in [6, 6.07) is 17.7. The highest BCUT2D eigenvalue weighted by Crippen LogP contribution is 2.23. The van der Waals surface area contributed by atoms with Crippen LogP contribution in [0.4, 0.5) is 17.3 Å². The molecule has 3 heterocycles. The maximum atomic E-state index is 4.82. The van der Waals surface area contributed by atoms with Gasteiger partial charge in [0.25, 0.3) is 0 Å². The lowest BCUT2D eigenvalue weighted by molar-refractivity contribution is 0.485. The van der Waals surface area contributed by atoms with Gasteiger partial charge in [0.15, 0.2) is 0 Å². The van der Waals surface area contributed by atoms with Gasteiger partial charge in [-0.05, 0) is 62.2 Å². The lowest BCUT2D eigenvalue weighted by Gasteiger charge is -2.33. The summed E-state index contributed by atoms with van der Waals surface area (Å²) in [5.41, 5.74) is 7.07. The molecule has 1 aliphatic rings. The Labute approximate surface area is 189 Å². The highest BCUT2D eigenvalue weighted by Gasteiger charge is 2.15. The van der Waals surface area contributed by atoms with Crippen LogP contribution in [0.2, 0.25) is 0 Å². The third kappa shape index (κ3) is 4.32. The quantitative estimate of drug-likeness (QED) is 0.487. The Morgan fingerprint density at radius 2 is 1.94 bits per heavy atom. The Balaban J connectivity index is 1.35. The van der Waals surface area contributed by atoms with Gasteiger partial charge in [-0.3, -0.25) is 0 Å². The first-order valence-electron chi connectivity index (χ1n) is 11.3. The summed E-state index contributed by atoms with van der Waals surface area (Å²) in [6.45, 7) is 10.4. The summed E-state index contributed by atoms with van der Waals surface area (Å²) in [7, 11) is 0. The number of nitrogens with zero attached hydrogens (tertiary/aromatic N) is 4. The molecule has 5 rings (SSSR count). The van der Waals surface area contributed by atoms with Gasteiger partial charge in [0.2, 0.25) is 5.95 Å². The van der Waals surface area contributed by atoms with Gasteiger partial charge in [0.05, 0.1) is 0 Å². The second-order valence-electron chi connectivity index (χ2n) is 8.82. The first kappa shape index (κ1) is 20.5. The second kappa shape index (κ2) is 8.63. The van der Waals surface area contributed by atoms with E-state index in [1.807, 2.05) is 6.20 Å². The largest absolute Gasteiger partial charge is 0.369 e. The minimum absolute atomic E-state index is 0.515. The summed E-state index contributed by atoms with van der Waals surface area (Å²) in [4.78, 5) is 11.8. The van der Waals surface area contributed by atoms with E-state index in [9.17, 15) is 0 Å². The van der Waals surface area contributed by atoms with Crippen LogP contribution >= 0.6 is 0 Å². The van der Waals surface area contributed by atoms with E-state index < -0.39 is 0 Å². The van der Waals surface area contributed by atoms with E-state index in [1.165, 1.54) is 22.4 Å². The number of aromatic nitrogens is 3. The molecule has 0 radical (unpaired) electrons. The second-order valence-corrected chi connectivity index (χ2v) is 8.82. The third-order valence-corrected chi connectivity index (χ3v) is 6.20. The Kier molecular flexibility index (Phi) is 5.53. The molecule has 2 aromatic carbocycles. The minimum atomic E-state index is 0.515. The van der Waals surface area contributed by atoms with Crippen LogP contribution in [0.15, 0.2) is 60.9 Å². The van der Waals surface area contributed by atoms with Crippen LogP contribution in [-0.2, 0) is 6.54 Å².